The van der Waals surface area contributed by atoms with Crippen molar-refractivity contribution in [1.29, 1.82) is 0 Å². The molecule has 0 saturated carbocycles. The van der Waals surface area contributed by atoms with Crippen LogP contribution in [0, 0.1) is 0 Å². The van der Waals surface area contributed by atoms with Crippen LogP contribution in [0.1, 0.15) is 15.2 Å². The summed E-state index contributed by atoms with van der Waals surface area (Å²) in [4.78, 5) is 17.0. The van der Waals surface area contributed by atoms with Gasteiger partial charge >= 0.3 is 0 Å². The third-order valence-electron chi connectivity index (χ3n) is 4.82. The van der Waals surface area contributed by atoms with Crippen LogP contribution in [0.2, 0.25) is 0 Å². The van der Waals surface area contributed by atoms with Gasteiger partial charge in [0.2, 0.25) is 0 Å². The molecule has 0 bridgehead atoms. The molecule has 1 amide bonds. The Balaban J connectivity index is 1.57. The topological polar surface area (TPSA) is 44.8 Å². The van der Waals surface area contributed by atoms with Gasteiger partial charge in [0.15, 0.2) is 0 Å². The number of methoxy groups -OCH3 is 1. The lowest BCUT2D eigenvalue weighted by Crippen LogP contribution is -2.58. The Morgan fingerprint density at radius 1 is 1.42 bits per heavy atom. The Hall–Kier alpha value is -0.770. The van der Waals surface area contributed by atoms with Crippen molar-refractivity contribution in [3.63, 3.8) is 0 Å². The molecule has 9 heteroatoms. The monoisotopic (exact) mass is 421 g/mol. The lowest BCUT2D eigenvalue weighted by Gasteiger charge is -2.41. The Labute approximate surface area is 151 Å². The van der Waals surface area contributed by atoms with Crippen molar-refractivity contribution in [3.8, 4) is 0 Å². The Bertz CT molecular complexity index is 678. The molecule has 1 fully saturated rings. The van der Waals surface area contributed by atoms with Gasteiger partial charge in [0, 0.05) is 45.3 Å². The molecule has 5 nitrogen and oxygen atoms in total. The first-order valence-electron chi connectivity index (χ1n) is 7.86. The van der Waals surface area contributed by atoms with E-state index in [0.717, 1.165) is 13.1 Å². The molecule has 0 spiro atoms. The molecule has 1 aromatic rings. The van der Waals surface area contributed by atoms with E-state index in [0.29, 0.717) is 33.0 Å². The van der Waals surface area contributed by atoms with E-state index in [2.05, 4.69) is 26.1 Å². The Kier molecular flexibility index (Phi) is 4.10. The van der Waals surface area contributed by atoms with E-state index in [-0.39, 0.29) is 31.0 Å². The molecule has 1 N–H and O–H groups in total. The number of thiophene rings is 1. The van der Waals surface area contributed by atoms with Crippen LogP contribution >= 0.6 is 27.3 Å². The quantitative estimate of drug-likeness (QED) is 0.809. The van der Waals surface area contributed by atoms with Gasteiger partial charge in [-0.25, -0.2) is 8.78 Å². The third-order valence-corrected chi connectivity index (χ3v) is 6.79. The van der Waals surface area contributed by atoms with Crippen molar-refractivity contribution in [1.82, 2.24) is 10.2 Å². The highest BCUT2D eigenvalue weighted by Gasteiger charge is 2.45. The van der Waals surface area contributed by atoms with E-state index in [1.807, 2.05) is 0 Å². The first-order valence-corrected chi connectivity index (χ1v) is 9.47. The highest BCUT2D eigenvalue weighted by atomic mass is 79.9. The second-order valence-electron chi connectivity index (χ2n) is 6.69. The summed E-state index contributed by atoms with van der Waals surface area (Å²) in [6.45, 7) is 2.36. The molecule has 1 aromatic heterocycles. The summed E-state index contributed by atoms with van der Waals surface area (Å²) in [6, 6.07) is -0.171. The molecule has 1 saturated heterocycles. The predicted molar refractivity (Wildman–Crippen MR) is 91.4 cm³/mol. The fourth-order valence-corrected chi connectivity index (χ4v) is 5.48. The van der Waals surface area contributed by atoms with E-state index in [4.69, 9.17) is 4.74 Å². The van der Waals surface area contributed by atoms with Gasteiger partial charge in [0.25, 0.3) is 11.8 Å². The van der Waals surface area contributed by atoms with Crippen molar-refractivity contribution in [2.75, 3.05) is 44.7 Å². The van der Waals surface area contributed by atoms with E-state index in [9.17, 15) is 13.6 Å². The zero-order valence-corrected chi connectivity index (χ0v) is 15.6. The van der Waals surface area contributed by atoms with Crippen LogP contribution in [0.25, 0.3) is 0 Å². The molecule has 4 heterocycles. The summed E-state index contributed by atoms with van der Waals surface area (Å²) in [7, 11) is 1.68. The maximum atomic E-state index is 14.1. The number of nitrogens with zero attached hydrogens (tertiary/aromatic N) is 2. The first kappa shape index (κ1) is 16.7. The molecule has 1 unspecified atom stereocenters. The highest BCUT2D eigenvalue weighted by molar-refractivity contribution is 9.11. The van der Waals surface area contributed by atoms with Crippen molar-refractivity contribution in [2.24, 2.45) is 0 Å². The maximum absolute atomic E-state index is 14.1. The average molecular weight is 422 g/mol. The molecule has 3 aliphatic rings. The summed E-state index contributed by atoms with van der Waals surface area (Å²) in [5, 5.41) is 3.01. The number of rotatable bonds is 3. The average Bonchev–Trinajstić information content (AvgIpc) is 2.71. The van der Waals surface area contributed by atoms with Gasteiger partial charge in [-0.15, -0.1) is 11.3 Å². The molecule has 4 rings (SSSR count). The third kappa shape index (κ3) is 2.85. The van der Waals surface area contributed by atoms with Crippen molar-refractivity contribution >= 4 is 38.9 Å². The Morgan fingerprint density at radius 3 is 2.88 bits per heavy atom. The van der Waals surface area contributed by atoms with E-state index in [1.54, 1.807) is 12.0 Å². The molecule has 24 heavy (non-hydrogen) atoms. The molecule has 0 aliphatic carbocycles. The number of alkyl halides is 2. The molecule has 132 valence electrons. The maximum Gasteiger partial charge on any atom is 0.269 e. The minimum atomic E-state index is -2.77. The van der Waals surface area contributed by atoms with Gasteiger partial charge in [-0.1, -0.05) is 0 Å². The molecular formula is C15H18BrF2N3O2S. The molecular weight excluding hydrogens is 404 g/mol. The summed E-state index contributed by atoms with van der Waals surface area (Å²) >= 11 is 4.60. The van der Waals surface area contributed by atoms with Crippen molar-refractivity contribution in [3.05, 3.63) is 14.2 Å². The number of amides is 1. The normalized spacial score (nSPS) is 26.6. The summed E-state index contributed by atoms with van der Waals surface area (Å²) in [6.07, 6.45) is -0.0786. The van der Waals surface area contributed by atoms with Gasteiger partial charge in [-0.2, -0.15) is 0 Å². The number of carbonyl (C=O) groups excluding carboxylic acids is 1. The van der Waals surface area contributed by atoms with Gasteiger partial charge in [0.1, 0.15) is 4.88 Å². The van der Waals surface area contributed by atoms with Gasteiger partial charge < -0.3 is 15.0 Å². The number of ether oxygens (including phenoxy) is 1. The number of likely N-dealkylation sites (tertiary alicyclic amines) is 1. The Morgan fingerprint density at radius 2 is 2.17 bits per heavy atom. The van der Waals surface area contributed by atoms with Crippen LogP contribution in [-0.4, -0.2) is 68.7 Å². The SMILES string of the molecule is COC1CN(CC2CN3CC(F)(F)Cc4c(Br)sc(c43)C(=O)N2)C1. The van der Waals surface area contributed by atoms with Gasteiger partial charge in [0.05, 0.1) is 28.2 Å². The van der Waals surface area contributed by atoms with Crippen molar-refractivity contribution < 1.29 is 18.3 Å². The number of anilines is 1. The van der Waals surface area contributed by atoms with E-state index in [1.165, 1.54) is 11.3 Å². The lowest BCUT2D eigenvalue weighted by molar-refractivity contribution is -0.0326. The van der Waals surface area contributed by atoms with Crippen LogP contribution in [0.15, 0.2) is 3.79 Å². The minimum absolute atomic E-state index is 0.163. The second kappa shape index (κ2) is 5.89. The van der Waals surface area contributed by atoms with E-state index >= 15 is 0 Å². The van der Waals surface area contributed by atoms with Gasteiger partial charge in [-0.05, 0) is 15.9 Å². The molecule has 0 aromatic carbocycles. The number of halogens is 3. The molecule has 0 radical (unpaired) electrons. The fourth-order valence-electron chi connectivity index (χ4n) is 3.70. The predicted octanol–water partition coefficient (Wildman–Crippen LogP) is 1.95. The van der Waals surface area contributed by atoms with Crippen LogP contribution < -0.4 is 10.2 Å². The first-order chi connectivity index (χ1) is 11.4. The zero-order chi connectivity index (χ0) is 17.1. The lowest BCUT2D eigenvalue weighted by atomic mass is 10.0. The summed E-state index contributed by atoms with van der Waals surface area (Å²) < 4.78 is 34.2. The standard InChI is InChI=1S/C15H18BrF2N3O2S/c1-23-9-5-20(6-9)3-8-4-21-7-15(17,18)2-10-11(21)12(14(22)19-8)24-13(10)16/h8-9H,2-7H2,1H3,(H,19,22). The van der Waals surface area contributed by atoms with Crippen LogP contribution in [-0.2, 0) is 11.2 Å². The van der Waals surface area contributed by atoms with Crippen LogP contribution in [0.4, 0.5) is 14.5 Å². The van der Waals surface area contributed by atoms with Crippen LogP contribution in [0.5, 0.6) is 0 Å². The molecule has 1 atom stereocenters. The van der Waals surface area contributed by atoms with Crippen molar-refractivity contribution in [2.45, 2.75) is 24.5 Å². The van der Waals surface area contributed by atoms with Gasteiger partial charge in [-0.3, -0.25) is 9.69 Å². The summed E-state index contributed by atoms with van der Waals surface area (Å²) in [5.74, 6) is -2.94. The second-order valence-corrected chi connectivity index (χ2v) is 9.03. The number of nitrogens with one attached hydrogen (secondary N) is 1. The molecule has 3 aliphatic heterocycles. The van der Waals surface area contributed by atoms with Crippen LogP contribution in [0.3, 0.4) is 0 Å². The fraction of sp³-hybridized carbons (Fsp3) is 0.667. The summed E-state index contributed by atoms with van der Waals surface area (Å²) in [5.41, 5.74) is 1.25. The van der Waals surface area contributed by atoms with E-state index < -0.39 is 5.92 Å². The number of carbonyl (C=O) groups is 1. The zero-order valence-electron chi connectivity index (χ0n) is 13.2. The largest absolute Gasteiger partial charge is 0.379 e. The smallest absolute Gasteiger partial charge is 0.269 e. The minimum Gasteiger partial charge on any atom is -0.379 e. The number of hydrogen-bond donors (Lipinski definition) is 1. The highest BCUT2D eigenvalue weighted by Crippen LogP contribution is 2.46. The number of hydrogen-bond acceptors (Lipinski definition) is 5.